The van der Waals surface area contributed by atoms with Crippen molar-refractivity contribution < 1.29 is 23.8 Å². The molecule has 1 aliphatic heterocycles. The van der Waals surface area contributed by atoms with Crippen LogP contribution in [0.15, 0.2) is 72.8 Å². The monoisotopic (exact) mass is 423 g/mol. The van der Waals surface area contributed by atoms with Crippen LogP contribution in [0.2, 0.25) is 5.02 Å². The normalized spacial score (nSPS) is 12.8. The van der Waals surface area contributed by atoms with Crippen molar-refractivity contribution in [2.24, 2.45) is 0 Å². The molecule has 0 saturated carbocycles. The maximum absolute atomic E-state index is 12.7. The van der Waals surface area contributed by atoms with Crippen molar-refractivity contribution in [2.45, 2.75) is 12.5 Å². The van der Waals surface area contributed by atoms with Crippen LogP contribution in [0.1, 0.15) is 28.4 Å². The van der Waals surface area contributed by atoms with Gasteiger partial charge in [-0.05, 0) is 29.8 Å². The van der Waals surface area contributed by atoms with E-state index >= 15 is 0 Å². The molecule has 1 heterocycles. The first-order valence-corrected chi connectivity index (χ1v) is 9.68. The molecular formula is C23H18ClNO5. The summed E-state index contributed by atoms with van der Waals surface area (Å²) in [5.41, 5.74) is 1.12. The zero-order valence-electron chi connectivity index (χ0n) is 15.8. The fraction of sp³-hybridized carbons (Fsp3) is 0.130. The molecule has 0 saturated heterocycles. The number of nitrogens with one attached hydrogen (secondary N) is 1. The van der Waals surface area contributed by atoms with Crippen LogP contribution in [-0.4, -0.2) is 18.7 Å². The summed E-state index contributed by atoms with van der Waals surface area (Å²) in [6.07, 6.45) is -0.0609. The molecule has 30 heavy (non-hydrogen) atoms. The molecule has 0 aliphatic carbocycles. The van der Waals surface area contributed by atoms with E-state index in [1.807, 2.05) is 30.3 Å². The quantitative estimate of drug-likeness (QED) is 0.465. The molecular weight excluding hydrogens is 406 g/mol. The van der Waals surface area contributed by atoms with Crippen molar-refractivity contribution in [3.63, 3.8) is 0 Å². The van der Waals surface area contributed by atoms with E-state index in [0.29, 0.717) is 27.8 Å². The largest absolute Gasteiger partial charge is 0.454 e. The first-order valence-electron chi connectivity index (χ1n) is 9.31. The van der Waals surface area contributed by atoms with Crippen LogP contribution in [0.4, 0.5) is 0 Å². The number of carbonyl (C=O) groups excluding carboxylic acids is 2. The molecule has 1 atom stereocenters. The van der Waals surface area contributed by atoms with Gasteiger partial charge >= 0.3 is 5.97 Å². The molecule has 1 aliphatic rings. The molecule has 0 aromatic heterocycles. The van der Waals surface area contributed by atoms with Crippen LogP contribution in [0.3, 0.4) is 0 Å². The SMILES string of the molecule is O=C(CC(NC(=O)c1ccccc1Cl)c1ccccc1)Oc1ccc2c(c1)OCO2. The Balaban J connectivity index is 1.49. The van der Waals surface area contributed by atoms with Crippen molar-refractivity contribution >= 4 is 23.5 Å². The Kier molecular flexibility index (Phi) is 5.86. The number of hydrogen-bond acceptors (Lipinski definition) is 5. The van der Waals surface area contributed by atoms with E-state index in [9.17, 15) is 9.59 Å². The maximum Gasteiger partial charge on any atom is 0.313 e. The predicted octanol–water partition coefficient (Wildman–Crippen LogP) is 4.54. The Morgan fingerprint density at radius 2 is 1.70 bits per heavy atom. The minimum absolute atomic E-state index is 0.0609. The van der Waals surface area contributed by atoms with Gasteiger partial charge in [0.15, 0.2) is 11.5 Å². The number of rotatable bonds is 6. The topological polar surface area (TPSA) is 73.9 Å². The summed E-state index contributed by atoms with van der Waals surface area (Å²) < 4.78 is 16.0. The van der Waals surface area contributed by atoms with Crippen molar-refractivity contribution in [1.29, 1.82) is 0 Å². The average molecular weight is 424 g/mol. The Hall–Kier alpha value is -3.51. The maximum atomic E-state index is 12.7. The molecule has 7 heteroatoms. The molecule has 1 amide bonds. The Bertz CT molecular complexity index is 1070. The number of hydrogen-bond donors (Lipinski definition) is 1. The zero-order valence-corrected chi connectivity index (χ0v) is 16.6. The highest BCUT2D eigenvalue weighted by atomic mass is 35.5. The summed E-state index contributed by atoms with van der Waals surface area (Å²) in [5, 5.41) is 3.22. The average Bonchev–Trinajstić information content (AvgIpc) is 3.22. The van der Waals surface area contributed by atoms with Crippen molar-refractivity contribution in [2.75, 3.05) is 6.79 Å². The number of carbonyl (C=O) groups is 2. The first kappa shape index (κ1) is 19.8. The predicted molar refractivity (Wildman–Crippen MR) is 111 cm³/mol. The van der Waals surface area contributed by atoms with Crippen molar-refractivity contribution in [3.05, 3.63) is 88.9 Å². The summed E-state index contributed by atoms with van der Waals surface area (Å²) in [6, 6.07) is 20.3. The van der Waals surface area contributed by atoms with Gasteiger partial charge < -0.3 is 19.5 Å². The molecule has 152 valence electrons. The molecule has 0 spiro atoms. The standard InChI is InChI=1S/C23H18ClNO5/c24-18-9-5-4-8-17(18)23(27)25-19(15-6-2-1-3-7-15)13-22(26)30-16-10-11-20-21(12-16)29-14-28-20/h1-12,19H,13-14H2,(H,25,27). The van der Waals surface area contributed by atoms with E-state index in [4.69, 9.17) is 25.8 Å². The van der Waals surface area contributed by atoms with Gasteiger partial charge in [-0.2, -0.15) is 0 Å². The number of benzene rings is 3. The molecule has 4 rings (SSSR count). The van der Waals surface area contributed by atoms with Gasteiger partial charge in [-0.3, -0.25) is 9.59 Å². The minimum atomic E-state index is -0.587. The molecule has 1 unspecified atom stereocenters. The lowest BCUT2D eigenvalue weighted by molar-refractivity contribution is -0.134. The van der Waals surface area contributed by atoms with E-state index in [1.54, 1.807) is 42.5 Å². The first-order chi connectivity index (χ1) is 14.6. The van der Waals surface area contributed by atoms with Gasteiger partial charge in [-0.1, -0.05) is 54.1 Å². The van der Waals surface area contributed by atoms with Gasteiger partial charge in [-0.15, -0.1) is 0 Å². The highest BCUT2D eigenvalue weighted by Crippen LogP contribution is 2.35. The fourth-order valence-corrected chi connectivity index (χ4v) is 3.32. The molecule has 3 aromatic rings. The van der Waals surface area contributed by atoms with Gasteiger partial charge in [0.05, 0.1) is 23.0 Å². The van der Waals surface area contributed by atoms with E-state index in [-0.39, 0.29) is 19.1 Å². The van der Waals surface area contributed by atoms with E-state index in [1.165, 1.54) is 0 Å². The third-order valence-corrected chi connectivity index (χ3v) is 4.90. The summed E-state index contributed by atoms with van der Waals surface area (Å²) in [7, 11) is 0. The summed E-state index contributed by atoms with van der Waals surface area (Å²) in [4.78, 5) is 25.3. The van der Waals surface area contributed by atoms with E-state index in [0.717, 1.165) is 5.56 Å². The summed E-state index contributed by atoms with van der Waals surface area (Å²) in [6.45, 7) is 0.136. The van der Waals surface area contributed by atoms with Crippen LogP contribution in [0.5, 0.6) is 17.2 Å². The van der Waals surface area contributed by atoms with Crippen molar-refractivity contribution in [1.82, 2.24) is 5.32 Å². The lowest BCUT2D eigenvalue weighted by atomic mass is 10.0. The van der Waals surface area contributed by atoms with Crippen LogP contribution in [0, 0.1) is 0 Å². The minimum Gasteiger partial charge on any atom is -0.454 e. The molecule has 1 N–H and O–H groups in total. The number of amides is 1. The van der Waals surface area contributed by atoms with Crippen LogP contribution < -0.4 is 19.5 Å². The highest BCUT2D eigenvalue weighted by molar-refractivity contribution is 6.33. The second kappa shape index (κ2) is 8.88. The van der Waals surface area contributed by atoms with E-state index < -0.39 is 12.0 Å². The molecule has 0 fully saturated rings. The van der Waals surface area contributed by atoms with Gasteiger partial charge in [-0.25, -0.2) is 0 Å². The number of fused-ring (bicyclic) bond motifs is 1. The highest BCUT2D eigenvalue weighted by Gasteiger charge is 2.22. The van der Waals surface area contributed by atoms with Gasteiger partial charge in [0, 0.05) is 6.07 Å². The Labute approximate surface area is 178 Å². The van der Waals surface area contributed by atoms with E-state index in [2.05, 4.69) is 5.32 Å². The fourth-order valence-electron chi connectivity index (χ4n) is 3.10. The molecule has 0 radical (unpaired) electrons. The number of esters is 1. The van der Waals surface area contributed by atoms with Crippen LogP contribution >= 0.6 is 11.6 Å². The van der Waals surface area contributed by atoms with Crippen LogP contribution in [0.25, 0.3) is 0 Å². The van der Waals surface area contributed by atoms with Crippen LogP contribution in [-0.2, 0) is 4.79 Å². The Morgan fingerprint density at radius 1 is 0.967 bits per heavy atom. The molecule has 0 bridgehead atoms. The Morgan fingerprint density at radius 3 is 2.50 bits per heavy atom. The number of ether oxygens (including phenoxy) is 3. The molecule has 6 nitrogen and oxygen atoms in total. The van der Waals surface area contributed by atoms with Gasteiger partial charge in [0.2, 0.25) is 6.79 Å². The van der Waals surface area contributed by atoms with Crippen molar-refractivity contribution in [3.8, 4) is 17.2 Å². The second-order valence-corrected chi connectivity index (χ2v) is 7.02. The smallest absolute Gasteiger partial charge is 0.313 e. The van der Waals surface area contributed by atoms with Gasteiger partial charge in [0.1, 0.15) is 5.75 Å². The lowest BCUT2D eigenvalue weighted by Crippen LogP contribution is -2.31. The lowest BCUT2D eigenvalue weighted by Gasteiger charge is -2.19. The zero-order chi connectivity index (χ0) is 20.9. The summed E-state index contributed by atoms with van der Waals surface area (Å²) in [5.74, 6) is 0.594. The second-order valence-electron chi connectivity index (χ2n) is 6.61. The molecule has 3 aromatic carbocycles. The third kappa shape index (κ3) is 4.55. The third-order valence-electron chi connectivity index (χ3n) is 4.57. The van der Waals surface area contributed by atoms with Gasteiger partial charge in [0.25, 0.3) is 5.91 Å². The number of halogens is 1. The summed E-state index contributed by atoms with van der Waals surface area (Å²) >= 11 is 6.13.